The van der Waals surface area contributed by atoms with Gasteiger partial charge >= 0.3 is 0 Å². The van der Waals surface area contributed by atoms with Gasteiger partial charge in [-0.05, 0) is 48.0 Å². The maximum atomic E-state index is 13.0. The van der Waals surface area contributed by atoms with E-state index in [9.17, 15) is 13.2 Å². The van der Waals surface area contributed by atoms with Crippen molar-refractivity contribution in [3.05, 3.63) is 95.0 Å². The molecule has 1 amide bonds. The van der Waals surface area contributed by atoms with Crippen molar-refractivity contribution < 1.29 is 13.2 Å². The van der Waals surface area contributed by atoms with Gasteiger partial charge in [0, 0.05) is 42.5 Å². The average Bonchev–Trinajstić information content (AvgIpc) is 2.82. The Balaban J connectivity index is 1.42. The Morgan fingerprint density at radius 3 is 2.18 bits per heavy atom. The molecule has 8 heteroatoms. The molecular weight excluding hydrogens is 458 g/mol. The fraction of sp³-hybridized carbons (Fsp3) is 0.240. The van der Waals surface area contributed by atoms with E-state index in [1.807, 2.05) is 23.1 Å². The molecule has 1 saturated heterocycles. The van der Waals surface area contributed by atoms with Crippen LogP contribution in [-0.4, -0.2) is 51.7 Å². The summed E-state index contributed by atoms with van der Waals surface area (Å²) in [4.78, 5) is 17.1. The van der Waals surface area contributed by atoms with Crippen LogP contribution >= 0.6 is 11.6 Å². The second kappa shape index (κ2) is 9.85. The van der Waals surface area contributed by atoms with Crippen LogP contribution in [0.3, 0.4) is 0 Å². The zero-order valence-corrected chi connectivity index (χ0v) is 20.0. The number of para-hydroxylation sites is 1. The van der Waals surface area contributed by atoms with Crippen molar-refractivity contribution in [3.63, 3.8) is 0 Å². The predicted molar refractivity (Wildman–Crippen MR) is 133 cm³/mol. The molecule has 4 rings (SSSR count). The Morgan fingerprint density at radius 2 is 1.58 bits per heavy atom. The normalized spacial score (nSPS) is 14.2. The first-order valence-electron chi connectivity index (χ1n) is 10.7. The minimum absolute atomic E-state index is 0.0101. The highest BCUT2D eigenvalue weighted by Crippen LogP contribution is 2.24. The second-order valence-electron chi connectivity index (χ2n) is 8.06. The highest BCUT2D eigenvalue weighted by Gasteiger charge is 2.23. The minimum atomic E-state index is -3.51. The van der Waals surface area contributed by atoms with E-state index in [1.54, 1.807) is 48.5 Å². The number of carbonyl (C=O) groups is 1. The van der Waals surface area contributed by atoms with E-state index in [-0.39, 0.29) is 12.5 Å². The molecule has 0 aromatic heterocycles. The van der Waals surface area contributed by atoms with Crippen LogP contribution in [0.4, 0.5) is 11.4 Å². The van der Waals surface area contributed by atoms with Gasteiger partial charge in [-0.15, -0.1) is 0 Å². The van der Waals surface area contributed by atoms with E-state index in [0.29, 0.717) is 29.4 Å². The molecule has 0 atom stereocenters. The Bertz CT molecular complexity index is 1210. The highest BCUT2D eigenvalue weighted by molar-refractivity contribution is 7.92. The number of anilines is 2. The van der Waals surface area contributed by atoms with Gasteiger partial charge in [0.05, 0.1) is 18.5 Å². The topological polar surface area (TPSA) is 60.9 Å². The van der Waals surface area contributed by atoms with Crippen molar-refractivity contribution in [1.29, 1.82) is 0 Å². The molecule has 1 aliphatic heterocycles. The lowest BCUT2D eigenvalue weighted by Crippen LogP contribution is -2.48. The zero-order chi connectivity index (χ0) is 23.4. The molecule has 6 nitrogen and oxygen atoms in total. The molecule has 0 saturated carbocycles. The monoisotopic (exact) mass is 483 g/mol. The molecular formula is C25H26ClN3O3S. The van der Waals surface area contributed by atoms with E-state index in [4.69, 9.17) is 11.6 Å². The van der Waals surface area contributed by atoms with Gasteiger partial charge in [-0.25, -0.2) is 8.42 Å². The number of benzene rings is 3. The molecule has 0 unspecified atom stereocenters. The summed E-state index contributed by atoms with van der Waals surface area (Å²) in [5.41, 5.74) is 3.05. The number of sulfonamides is 1. The van der Waals surface area contributed by atoms with E-state index in [0.717, 1.165) is 18.7 Å². The van der Waals surface area contributed by atoms with Crippen LogP contribution in [0.5, 0.6) is 0 Å². The van der Waals surface area contributed by atoms with Gasteiger partial charge in [0.15, 0.2) is 0 Å². The van der Waals surface area contributed by atoms with Crippen molar-refractivity contribution in [2.75, 3.05) is 41.6 Å². The summed E-state index contributed by atoms with van der Waals surface area (Å²) in [6, 6.07) is 24.1. The summed E-state index contributed by atoms with van der Waals surface area (Å²) in [5, 5.41) is 0.467. The SMILES string of the molecule is CS(=O)(=O)N(Cc1ccc(C(=O)N2CCN(c3ccccc3)CC2)cc1)c1cccc(Cl)c1. The van der Waals surface area contributed by atoms with Crippen LogP contribution in [0.1, 0.15) is 15.9 Å². The first-order valence-corrected chi connectivity index (χ1v) is 13.0. The Kier molecular flexibility index (Phi) is 6.91. The fourth-order valence-electron chi connectivity index (χ4n) is 3.94. The van der Waals surface area contributed by atoms with Gasteiger partial charge in [0.25, 0.3) is 5.91 Å². The first kappa shape index (κ1) is 23.1. The molecule has 0 spiro atoms. The summed E-state index contributed by atoms with van der Waals surface area (Å²) in [7, 11) is -3.51. The van der Waals surface area contributed by atoms with Crippen LogP contribution in [0.15, 0.2) is 78.9 Å². The Morgan fingerprint density at radius 1 is 0.909 bits per heavy atom. The Labute approximate surface area is 200 Å². The summed E-state index contributed by atoms with van der Waals surface area (Å²) < 4.78 is 26.1. The summed E-state index contributed by atoms with van der Waals surface area (Å²) >= 11 is 6.05. The fourth-order valence-corrected chi connectivity index (χ4v) is 5.00. The van der Waals surface area contributed by atoms with Crippen LogP contribution < -0.4 is 9.21 Å². The van der Waals surface area contributed by atoms with Crippen molar-refractivity contribution in [2.24, 2.45) is 0 Å². The number of halogens is 1. The number of hydrogen-bond acceptors (Lipinski definition) is 4. The number of carbonyl (C=O) groups excluding carboxylic acids is 1. The van der Waals surface area contributed by atoms with Gasteiger partial charge in [-0.1, -0.05) is 48.0 Å². The molecule has 0 N–H and O–H groups in total. The number of rotatable bonds is 6. The standard InChI is InChI=1S/C25H26ClN3O3S/c1-33(31,32)29(24-9-5-6-22(26)18-24)19-20-10-12-21(13-11-20)25(30)28-16-14-27(15-17-28)23-7-3-2-4-8-23/h2-13,18H,14-17,19H2,1H3. The van der Waals surface area contributed by atoms with E-state index >= 15 is 0 Å². The van der Waals surface area contributed by atoms with Gasteiger partial charge in [0.2, 0.25) is 10.0 Å². The summed E-state index contributed by atoms with van der Waals surface area (Å²) in [6.07, 6.45) is 1.17. The lowest BCUT2D eigenvalue weighted by atomic mass is 10.1. The van der Waals surface area contributed by atoms with Crippen molar-refractivity contribution in [3.8, 4) is 0 Å². The molecule has 33 heavy (non-hydrogen) atoms. The number of amides is 1. The zero-order valence-electron chi connectivity index (χ0n) is 18.4. The van der Waals surface area contributed by atoms with E-state index in [1.165, 1.54) is 16.2 Å². The number of nitrogens with zero attached hydrogens (tertiary/aromatic N) is 3. The third-order valence-corrected chi connectivity index (χ3v) is 7.09. The molecule has 0 aliphatic carbocycles. The van der Waals surface area contributed by atoms with Gasteiger partial charge < -0.3 is 9.80 Å². The van der Waals surface area contributed by atoms with Crippen molar-refractivity contribution >= 4 is 38.9 Å². The van der Waals surface area contributed by atoms with Crippen LogP contribution in [0.2, 0.25) is 5.02 Å². The van der Waals surface area contributed by atoms with E-state index in [2.05, 4.69) is 17.0 Å². The molecule has 1 fully saturated rings. The van der Waals surface area contributed by atoms with E-state index < -0.39 is 10.0 Å². The maximum absolute atomic E-state index is 13.0. The molecule has 1 heterocycles. The third kappa shape index (κ3) is 5.67. The quantitative estimate of drug-likeness (QED) is 0.525. The summed E-state index contributed by atoms with van der Waals surface area (Å²) in [5.74, 6) is -0.0101. The largest absolute Gasteiger partial charge is 0.368 e. The first-order chi connectivity index (χ1) is 15.8. The van der Waals surface area contributed by atoms with Gasteiger partial charge in [0.1, 0.15) is 0 Å². The average molecular weight is 484 g/mol. The van der Waals surface area contributed by atoms with Crippen LogP contribution in [0.25, 0.3) is 0 Å². The minimum Gasteiger partial charge on any atom is -0.368 e. The van der Waals surface area contributed by atoms with Crippen LogP contribution in [0, 0.1) is 0 Å². The maximum Gasteiger partial charge on any atom is 0.253 e. The predicted octanol–water partition coefficient (Wildman–Crippen LogP) is 4.27. The van der Waals surface area contributed by atoms with Crippen molar-refractivity contribution in [1.82, 2.24) is 4.90 Å². The third-order valence-electron chi connectivity index (χ3n) is 5.71. The molecule has 3 aromatic carbocycles. The lowest BCUT2D eigenvalue weighted by Gasteiger charge is -2.36. The van der Waals surface area contributed by atoms with Crippen molar-refractivity contribution in [2.45, 2.75) is 6.54 Å². The molecule has 3 aromatic rings. The second-order valence-corrected chi connectivity index (χ2v) is 10.4. The smallest absolute Gasteiger partial charge is 0.253 e. The highest BCUT2D eigenvalue weighted by atomic mass is 35.5. The summed E-state index contributed by atoms with van der Waals surface area (Å²) in [6.45, 7) is 3.05. The molecule has 0 bridgehead atoms. The molecule has 0 radical (unpaired) electrons. The number of hydrogen-bond donors (Lipinski definition) is 0. The molecule has 1 aliphatic rings. The van der Waals surface area contributed by atoms with Gasteiger partial charge in [-0.2, -0.15) is 0 Å². The lowest BCUT2D eigenvalue weighted by molar-refractivity contribution is 0.0746. The van der Waals surface area contributed by atoms with Gasteiger partial charge in [-0.3, -0.25) is 9.10 Å². The number of piperazine rings is 1. The Hall–Kier alpha value is -3.03. The van der Waals surface area contributed by atoms with Crippen LogP contribution in [-0.2, 0) is 16.6 Å². The molecule has 172 valence electrons.